The molecule has 0 aromatic carbocycles. The van der Waals surface area contributed by atoms with Crippen molar-refractivity contribution in [2.75, 3.05) is 13.2 Å². The molecule has 0 aliphatic heterocycles. The smallest absolute Gasteiger partial charge is 0.425 e. The van der Waals surface area contributed by atoms with Crippen LogP contribution in [0.25, 0.3) is 0 Å². The molecule has 0 fully saturated rings. The van der Waals surface area contributed by atoms with Crippen LogP contribution in [0, 0.1) is 0 Å². The molecule has 0 aliphatic carbocycles. The molecule has 4 heteroatoms. The lowest BCUT2D eigenvalue weighted by molar-refractivity contribution is -0.465. The van der Waals surface area contributed by atoms with Crippen LogP contribution in [0.4, 0.5) is 0 Å². The van der Waals surface area contributed by atoms with Crippen LogP contribution in [0.1, 0.15) is 0 Å². The maximum Gasteiger partial charge on any atom is 0.458 e. The summed E-state index contributed by atoms with van der Waals surface area (Å²) in [5, 5.41) is 9.44. The normalized spacial score (nSPS) is 10.5. The van der Waals surface area contributed by atoms with E-state index in [-0.39, 0.29) is 13.2 Å². The molecule has 13 heavy (non-hydrogen) atoms. The van der Waals surface area contributed by atoms with Gasteiger partial charge in [0.2, 0.25) is 0 Å². The molecule has 0 rings (SSSR count). The molecule has 0 bridgehead atoms. The third kappa shape index (κ3) is 5.19. The van der Waals surface area contributed by atoms with Crippen molar-refractivity contribution in [1.29, 1.82) is 0 Å². The summed E-state index contributed by atoms with van der Waals surface area (Å²) in [4.78, 5) is 0. The zero-order valence-electron chi connectivity index (χ0n) is 7.44. The highest BCUT2D eigenvalue weighted by atomic mass is 17.0. The van der Waals surface area contributed by atoms with Gasteiger partial charge in [0.15, 0.2) is 0 Å². The minimum Gasteiger partial charge on any atom is -0.425 e. The topological polar surface area (TPSA) is 47.9 Å². The third-order valence-electron chi connectivity index (χ3n) is 0.999. The molecular weight excluding hydrogens is 172 g/mol. The summed E-state index contributed by atoms with van der Waals surface area (Å²) < 4.78 is 14.2. The first-order valence-electron chi connectivity index (χ1n) is 3.69. The average Bonchev–Trinajstić information content (AvgIpc) is 2.12. The molecule has 0 amide bonds. The molecule has 0 saturated heterocycles. The Bertz CT molecular complexity index is 164. The van der Waals surface area contributed by atoms with Crippen LogP contribution < -0.4 is 0 Å². The highest BCUT2D eigenvalue weighted by Gasteiger charge is 2.30. The Hall–Kier alpha value is -1.10. The predicted octanol–water partition coefficient (Wildman–Crippen LogP) is 1.16. The van der Waals surface area contributed by atoms with E-state index in [0.29, 0.717) is 0 Å². The molecule has 74 valence electrons. The second-order valence-electron chi connectivity index (χ2n) is 2.01. The summed E-state index contributed by atoms with van der Waals surface area (Å²) in [5.74, 6) is 0. The van der Waals surface area contributed by atoms with Crippen LogP contribution in [0.3, 0.4) is 0 Å². The maximum atomic E-state index is 9.44. The molecule has 0 aromatic heterocycles. The van der Waals surface area contributed by atoms with E-state index in [1.165, 1.54) is 12.2 Å². The molecule has 0 aromatic rings. The lowest BCUT2D eigenvalue weighted by atomic mass is 10.7. The Morgan fingerprint density at radius 2 is 1.54 bits per heavy atom. The Kier molecular flexibility index (Phi) is 5.88. The van der Waals surface area contributed by atoms with Crippen LogP contribution in [0.15, 0.2) is 38.2 Å². The number of hydrogen-bond acceptors (Lipinski definition) is 4. The molecule has 4 nitrogen and oxygen atoms in total. The fourth-order valence-electron chi connectivity index (χ4n) is 0.543. The summed E-state index contributed by atoms with van der Waals surface area (Å²) >= 11 is 0. The van der Waals surface area contributed by atoms with Crippen LogP contribution >= 0.6 is 0 Å². The van der Waals surface area contributed by atoms with Crippen LogP contribution in [0.5, 0.6) is 0 Å². The number of hydrogen-bond donors (Lipinski definition) is 1. The zero-order valence-corrected chi connectivity index (χ0v) is 7.44. The molecule has 1 N–H and O–H groups in total. The second kappa shape index (κ2) is 6.42. The summed E-state index contributed by atoms with van der Waals surface area (Å²) in [6.45, 7) is 10.3. The number of aliphatic hydroxyl groups is 1. The van der Waals surface area contributed by atoms with Gasteiger partial charge < -0.3 is 9.84 Å². The van der Waals surface area contributed by atoms with Crippen molar-refractivity contribution in [2.24, 2.45) is 0 Å². The van der Waals surface area contributed by atoms with Crippen molar-refractivity contribution in [3.05, 3.63) is 38.2 Å². The molecule has 0 aliphatic rings. The lowest BCUT2D eigenvalue weighted by Crippen LogP contribution is -2.37. The van der Waals surface area contributed by atoms with Crippen molar-refractivity contribution in [2.45, 2.75) is 6.16 Å². The molecule has 0 radical (unpaired) electrons. The summed E-state index contributed by atoms with van der Waals surface area (Å²) in [5.41, 5.74) is 0. The first-order chi connectivity index (χ1) is 6.18. The standard InChI is InChI=1S/C9H14O4/c1-4-7-12-9(10,11-6-3)13-8-5-2/h4-6,10H,1-3,7-8H2. The van der Waals surface area contributed by atoms with Gasteiger partial charge in [-0.25, -0.2) is 0 Å². The fraction of sp³-hybridized carbons (Fsp3) is 0.333. The minimum atomic E-state index is -2.11. The van der Waals surface area contributed by atoms with Gasteiger partial charge in [0.05, 0.1) is 19.5 Å². The second-order valence-corrected chi connectivity index (χ2v) is 2.01. The van der Waals surface area contributed by atoms with E-state index in [2.05, 4.69) is 24.5 Å². The Labute approximate surface area is 77.7 Å². The van der Waals surface area contributed by atoms with Crippen molar-refractivity contribution < 1.29 is 19.3 Å². The molecule has 0 saturated carbocycles. The quantitative estimate of drug-likeness (QED) is 0.351. The first kappa shape index (κ1) is 11.9. The highest BCUT2D eigenvalue weighted by molar-refractivity contribution is 4.67. The SMILES string of the molecule is C=CCOC(O)(OC=C)OCC=C. The van der Waals surface area contributed by atoms with E-state index >= 15 is 0 Å². The van der Waals surface area contributed by atoms with Gasteiger partial charge in [-0.3, -0.25) is 9.47 Å². The van der Waals surface area contributed by atoms with E-state index in [9.17, 15) is 5.11 Å². The van der Waals surface area contributed by atoms with Crippen LogP contribution in [0.2, 0.25) is 0 Å². The van der Waals surface area contributed by atoms with Gasteiger partial charge in [0.1, 0.15) is 0 Å². The minimum absolute atomic E-state index is 0.0987. The van der Waals surface area contributed by atoms with Gasteiger partial charge in [0, 0.05) is 0 Å². The molecule has 0 heterocycles. The van der Waals surface area contributed by atoms with Gasteiger partial charge >= 0.3 is 6.16 Å². The van der Waals surface area contributed by atoms with Crippen LogP contribution in [-0.2, 0) is 14.2 Å². The van der Waals surface area contributed by atoms with E-state index < -0.39 is 6.16 Å². The first-order valence-corrected chi connectivity index (χ1v) is 3.69. The fourth-order valence-corrected chi connectivity index (χ4v) is 0.543. The third-order valence-corrected chi connectivity index (χ3v) is 0.999. The molecule has 0 spiro atoms. The van der Waals surface area contributed by atoms with Crippen molar-refractivity contribution in [3.63, 3.8) is 0 Å². The Balaban J connectivity index is 4.04. The van der Waals surface area contributed by atoms with Gasteiger partial charge in [-0.1, -0.05) is 18.7 Å². The number of rotatable bonds is 8. The lowest BCUT2D eigenvalue weighted by Gasteiger charge is -2.24. The van der Waals surface area contributed by atoms with Gasteiger partial charge in [0.25, 0.3) is 0 Å². The van der Waals surface area contributed by atoms with Gasteiger partial charge in [-0.05, 0) is 0 Å². The summed E-state index contributed by atoms with van der Waals surface area (Å²) in [7, 11) is 0. The molecule has 0 unspecified atom stereocenters. The monoisotopic (exact) mass is 186 g/mol. The van der Waals surface area contributed by atoms with E-state index in [0.717, 1.165) is 6.26 Å². The summed E-state index contributed by atoms with van der Waals surface area (Å²) in [6.07, 6.45) is 1.82. The van der Waals surface area contributed by atoms with Crippen molar-refractivity contribution in [1.82, 2.24) is 0 Å². The number of ether oxygens (including phenoxy) is 3. The van der Waals surface area contributed by atoms with Crippen molar-refractivity contribution >= 4 is 0 Å². The Morgan fingerprint density at radius 3 is 1.85 bits per heavy atom. The maximum absolute atomic E-state index is 9.44. The van der Waals surface area contributed by atoms with E-state index in [4.69, 9.17) is 9.47 Å². The zero-order chi connectivity index (χ0) is 10.2. The van der Waals surface area contributed by atoms with Gasteiger partial charge in [-0.2, -0.15) is 0 Å². The van der Waals surface area contributed by atoms with Crippen LogP contribution in [-0.4, -0.2) is 24.5 Å². The molecular formula is C9H14O4. The average molecular weight is 186 g/mol. The predicted molar refractivity (Wildman–Crippen MR) is 48.5 cm³/mol. The largest absolute Gasteiger partial charge is 0.458 e. The van der Waals surface area contributed by atoms with E-state index in [1.807, 2.05) is 0 Å². The van der Waals surface area contributed by atoms with Crippen molar-refractivity contribution in [3.8, 4) is 0 Å². The highest BCUT2D eigenvalue weighted by Crippen LogP contribution is 2.11. The van der Waals surface area contributed by atoms with Gasteiger partial charge in [-0.15, -0.1) is 13.2 Å². The van der Waals surface area contributed by atoms with E-state index in [1.54, 1.807) is 0 Å². The summed E-state index contributed by atoms with van der Waals surface area (Å²) in [6, 6.07) is 0. The molecule has 0 atom stereocenters. The Morgan fingerprint density at radius 1 is 1.08 bits per heavy atom.